The van der Waals surface area contributed by atoms with E-state index in [4.69, 9.17) is 12.2 Å². The standard InChI is InChI=1S/C22H30N4O2S2/c1-4-12-26-20(15-25(14-18-10-11-18)21(29)24-17(2)3)13-23-22(26)30(27,28)16-19-8-6-5-7-9-19/h4-9,13,17-18H,1,10-12,14-16H2,2-3H3,(H,24,29). The zero-order valence-corrected chi connectivity index (χ0v) is 19.3. The van der Waals surface area contributed by atoms with E-state index in [1.807, 2.05) is 30.3 Å². The zero-order chi connectivity index (χ0) is 21.7. The van der Waals surface area contributed by atoms with E-state index < -0.39 is 9.84 Å². The molecule has 2 aromatic rings. The van der Waals surface area contributed by atoms with E-state index in [2.05, 4.69) is 35.6 Å². The van der Waals surface area contributed by atoms with Crippen LogP contribution in [0.1, 0.15) is 37.9 Å². The molecule has 1 aliphatic rings. The Kier molecular flexibility index (Phi) is 7.31. The van der Waals surface area contributed by atoms with E-state index in [9.17, 15) is 8.42 Å². The normalized spacial score (nSPS) is 14.0. The number of nitrogens with zero attached hydrogens (tertiary/aromatic N) is 3. The summed E-state index contributed by atoms with van der Waals surface area (Å²) in [5.74, 6) is 0.564. The molecule has 0 unspecified atom stereocenters. The van der Waals surface area contributed by atoms with Gasteiger partial charge in [-0.3, -0.25) is 0 Å². The molecular weight excluding hydrogens is 416 g/mol. The number of rotatable bonds is 10. The van der Waals surface area contributed by atoms with Gasteiger partial charge in [-0.1, -0.05) is 36.4 Å². The first-order chi connectivity index (χ1) is 14.3. The van der Waals surface area contributed by atoms with Crippen LogP contribution in [0.4, 0.5) is 0 Å². The summed E-state index contributed by atoms with van der Waals surface area (Å²) in [7, 11) is -3.59. The van der Waals surface area contributed by atoms with Crippen LogP contribution in [-0.2, 0) is 28.7 Å². The molecule has 162 valence electrons. The van der Waals surface area contributed by atoms with Crippen LogP contribution >= 0.6 is 12.2 Å². The van der Waals surface area contributed by atoms with Gasteiger partial charge in [-0.2, -0.15) is 0 Å². The van der Waals surface area contributed by atoms with Crippen molar-refractivity contribution in [1.29, 1.82) is 0 Å². The first-order valence-corrected chi connectivity index (χ1v) is 12.3. The highest BCUT2D eigenvalue weighted by Gasteiger charge is 2.28. The molecule has 0 spiro atoms. The number of hydrogen-bond donors (Lipinski definition) is 1. The molecule has 0 amide bonds. The molecule has 6 nitrogen and oxygen atoms in total. The predicted octanol–water partition coefficient (Wildman–Crippen LogP) is 3.54. The van der Waals surface area contributed by atoms with Gasteiger partial charge in [0.15, 0.2) is 5.11 Å². The number of benzene rings is 1. The molecule has 0 saturated heterocycles. The minimum absolute atomic E-state index is 0.0790. The Hall–Kier alpha value is -2.19. The number of imidazole rings is 1. The van der Waals surface area contributed by atoms with Gasteiger partial charge in [0.2, 0.25) is 15.0 Å². The fourth-order valence-corrected chi connectivity index (χ4v) is 5.19. The number of nitrogens with one attached hydrogen (secondary N) is 1. The van der Waals surface area contributed by atoms with Crippen molar-refractivity contribution >= 4 is 27.2 Å². The second-order valence-corrected chi connectivity index (χ2v) is 10.4. The Labute approximate surface area is 184 Å². The van der Waals surface area contributed by atoms with Crippen molar-refractivity contribution in [3.05, 3.63) is 60.4 Å². The first-order valence-electron chi connectivity index (χ1n) is 10.3. The molecule has 1 heterocycles. The summed E-state index contributed by atoms with van der Waals surface area (Å²) >= 11 is 5.62. The smallest absolute Gasteiger partial charge is 0.228 e. The average Bonchev–Trinajstić information content (AvgIpc) is 3.41. The van der Waals surface area contributed by atoms with Crippen LogP contribution in [0.5, 0.6) is 0 Å². The maximum atomic E-state index is 13.1. The van der Waals surface area contributed by atoms with Gasteiger partial charge in [-0.05, 0) is 50.4 Å². The van der Waals surface area contributed by atoms with Crippen LogP contribution in [0.2, 0.25) is 0 Å². The van der Waals surface area contributed by atoms with Crippen molar-refractivity contribution < 1.29 is 8.42 Å². The van der Waals surface area contributed by atoms with Crippen molar-refractivity contribution in [3.8, 4) is 0 Å². The third-order valence-corrected chi connectivity index (χ3v) is 6.89. The van der Waals surface area contributed by atoms with Crippen LogP contribution in [0.25, 0.3) is 0 Å². The Morgan fingerprint density at radius 1 is 1.37 bits per heavy atom. The van der Waals surface area contributed by atoms with Gasteiger partial charge in [-0.25, -0.2) is 13.4 Å². The van der Waals surface area contributed by atoms with Crippen LogP contribution in [0.15, 0.2) is 54.3 Å². The van der Waals surface area contributed by atoms with E-state index in [1.54, 1.807) is 16.8 Å². The lowest BCUT2D eigenvalue weighted by molar-refractivity contribution is 0.371. The average molecular weight is 447 g/mol. The number of hydrogen-bond acceptors (Lipinski definition) is 4. The Balaban J connectivity index is 1.86. The molecule has 1 aromatic carbocycles. The van der Waals surface area contributed by atoms with E-state index in [-0.39, 0.29) is 17.0 Å². The predicted molar refractivity (Wildman–Crippen MR) is 124 cm³/mol. The maximum Gasteiger partial charge on any atom is 0.228 e. The number of sulfone groups is 1. The highest BCUT2D eigenvalue weighted by Crippen LogP contribution is 2.30. The van der Waals surface area contributed by atoms with Crippen molar-refractivity contribution in [1.82, 2.24) is 19.8 Å². The van der Waals surface area contributed by atoms with Crippen LogP contribution in [-0.4, -0.2) is 40.6 Å². The third kappa shape index (κ3) is 5.92. The van der Waals surface area contributed by atoms with E-state index in [0.717, 1.165) is 17.8 Å². The lowest BCUT2D eigenvalue weighted by Gasteiger charge is -2.27. The lowest BCUT2D eigenvalue weighted by atomic mass is 10.2. The van der Waals surface area contributed by atoms with Crippen molar-refractivity contribution in [2.24, 2.45) is 5.92 Å². The Morgan fingerprint density at radius 2 is 2.07 bits per heavy atom. The van der Waals surface area contributed by atoms with Crippen molar-refractivity contribution in [2.75, 3.05) is 6.54 Å². The number of allylic oxidation sites excluding steroid dienone is 1. The minimum atomic E-state index is -3.59. The molecule has 0 bridgehead atoms. The molecule has 0 atom stereocenters. The zero-order valence-electron chi connectivity index (χ0n) is 17.6. The molecule has 1 aromatic heterocycles. The molecule has 1 aliphatic carbocycles. The summed E-state index contributed by atoms with van der Waals surface area (Å²) in [5, 5.41) is 4.08. The van der Waals surface area contributed by atoms with Crippen LogP contribution in [0.3, 0.4) is 0 Å². The summed E-state index contributed by atoms with van der Waals surface area (Å²) < 4.78 is 27.9. The summed E-state index contributed by atoms with van der Waals surface area (Å²) in [6, 6.07) is 9.41. The first kappa shape index (κ1) is 22.5. The molecule has 30 heavy (non-hydrogen) atoms. The monoisotopic (exact) mass is 446 g/mol. The highest BCUT2D eigenvalue weighted by molar-refractivity contribution is 7.90. The van der Waals surface area contributed by atoms with Gasteiger partial charge >= 0.3 is 0 Å². The molecule has 1 saturated carbocycles. The number of aromatic nitrogens is 2. The van der Waals surface area contributed by atoms with E-state index in [0.29, 0.717) is 24.1 Å². The second-order valence-electron chi connectivity index (χ2n) is 8.10. The molecule has 3 rings (SSSR count). The van der Waals surface area contributed by atoms with E-state index >= 15 is 0 Å². The Bertz CT molecular complexity index is 980. The molecule has 1 fully saturated rings. The van der Waals surface area contributed by atoms with Gasteiger partial charge in [0.1, 0.15) is 0 Å². The van der Waals surface area contributed by atoms with Gasteiger partial charge in [0, 0.05) is 19.1 Å². The van der Waals surface area contributed by atoms with Gasteiger partial charge in [-0.15, -0.1) is 6.58 Å². The van der Waals surface area contributed by atoms with Crippen molar-refractivity contribution in [3.63, 3.8) is 0 Å². The Morgan fingerprint density at radius 3 is 2.67 bits per heavy atom. The fourth-order valence-electron chi connectivity index (χ4n) is 3.31. The summed E-state index contributed by atoms with van der Waals surface area (Å²) in [6.45, 7) is 9.66. The molecule has 8 heteroatoms. The SMILES string of the molecule is C=CCn1c(CN(CC2CC2)C(=S)NC(C)C)cnc1S(=O)(=O)Cc1ccccc1. The molecular formula is C22H30N4O2S2. The van der Waals surface area contributed by atoms with Crippen LogP contribution < -0.4 is 5.32 Å². The molecule has 0 aliphatic heterocycles. The van der Waals surface area contributed by atoms with Crippen molar-refractivity contribution in [2.45, 2.75) is 56.7 Å². The van der Waals surface area contributed by atoms with Crippen LogP contribution in [0, 0.1) is 5.92 Å². The fraction of sp³-hybridized carbons (Fsp3) is 0.455. The summed E-state index contributed by atoms with van der Waals surface area (Å²) in [5.41, 5.74) is 1.56. The second kappa shape index (κ2) is 9.75. The minimum Gasteiger partial charge on any atom is -0.360 e. The third-order valence-electron chi connectivity index (χ3n) is 4.92. The molecule has 0 radical (unpaired) electrons. The maximum absolute atomic E-state index is 13.1. The summed E-state index contributed by atoms with van der Waals surface area (Å²) in [4.78, 5) is 6.43. The van der Waals surface area contributed by atoms with Gasteiger partial charge in [0.25, 0.3) is 0 Å². The van der Waals surface area contributed by atoms with Gasteiger partial charge in [0.05, 0.1) is 24.2 Å². The largest absolute Gasteiger partial charge is 0.360 e. The quantitative estimate of drug-likeness (QED) is 0.445. The number of thiocarbonyl (C=S) groups is 1. The summed E-state index contributed by atoms with van der Waals surface area (Å²) in [6.07, 6.45) is 5.77. The van der Waals surface area contributed by atoms with Gasteiger partial charge < -0.3 is 14.8 Å². The van der Waals surface area contributed by atoms with E-state index in [1.165, 1.54) is 12.8 Å². The lowest BCUT2D eigenvalue weighted by Crippen LogP contribution is -2.43. The topological polar surface area (TPSA) is 67.2 Å². The highest BCUT2D eigenvalue weighted by atomic mass is 32.2. The molecule has 1 N–H and O–H groups in total.